The van der Waals surface area contributed by atoms with Crippen molar-refractivity contribution in [2.45, 2.75) is 25.9 Å². The van der Waals surface area contributed by atoms with Crippen molar-refractivity contribution in [3.05, 3.63) is 84.3 Å². The van der Waals surface area contributed by atoms with Gasteiger partial charge in [0.2, 0.25) is 11.8 Å². The number of nitrogens with one attached hydrogen (secondary N) is 3. The molecule has 0 fully saturated rings. The second-order valence-corrected chi connectivity index (χ2v) is 7.22. The van der Waals surface area contributed by atoms with Crippen LogP contribution in [0.3, 0.4) is 0 Å². The molecule has 3 N–H and O–H groups in total. The number of hydrogen-bond donors (Lipinski definition) is 3. The highest BCUT2D eigenvalue weighted by Crippen LogP contribution is 2.19. The molecule has 4 rings (SSSR count). The second-order valence-electron chi connectivity index (χ2n) is 7.22. The molecule has 7 heteroatoms. The van der Waals surface area contributed by atoms with Crippen molar-refractivity contribution in [2.75, 3.05) is 5.32 Å². The van der Waals surface area contributed by atoms with E-state index in [0.29, 0.717) is 18.7 Å². The van der Waals surface area contributed by atoms with Crippen molar-refractivity contribution in [3.8, 4) is 0 Å². The molecule has 0 aliphatic rings. The first kappa shape index (κ1) is 19.4. The second kappa shape index (κ2) is 8.65. The molecule has 152 valence electrons. The van der Waals surface area contributed by atoms with E-state index in [9.17, 15) is 9.59 Å². The third kappa shape index (κ3) is 4.57. The van der Waals surface area contributed by atoms with Crippen LogP contribution >= 0.6 is 0 Å². The Morgan fingerprint density at radius 2 is 1.87 bits per heavy atom. The van der Waals surface area contributed by atoms with Crippen molar-refractivity contribution >= 4 is 28.4 Å². The first-order valence-corrected chi connectivity index (χ1v) is 9.78. The number of nitrogens with zero attached hydrogens (tertiary/aromatic N) is 2. The molecular weight excluding hydrogens is 378 g/mol. The molecule has 4 aromatic rings. The number of anilines is 1. The summed E-state index contributed by atoms with van der Waals surface area (Å²) >= 11 is 0. The van der Waals surface area contributed by atoms with E-state index in [1.54, 1.807) is 17.1 Å². The lowest BCUT2D eigenvalue weighted by Gasteiger charge is -2.17. The fourth-order valence-electron chi connectivity index (χ4n) is 3.49. The molecule has 0 aliphatic carbocycles. The molecule has 7 nitrogen and oxygen atoms in total. The van der Waals surface area contributed by atoms with Crippen LogP contribution in [0, 0.1) is 0 Å². The predicted molar refractivity (Wildman–Crippen MR) is 116 cm³/mol. The average Bonchev–Trinajstić information content (AvgIpc) is 3.35. The molecule has 0 saturated heterocycles. The highest BCUT2D eigenvalue weighted by molar-refractivity contribution is 5.97. The Labute approximate surface area is 174 Å². The van der Waals surface area contributed by atoms with Gasteiger partial charge in [-0.05, 0) is 17.2 Å². The summed E-state index contributed by atoms with van der Waals surface area (Å²) < 4.78 is 1.76. The quantitative estimate of drug-likeness (QED) is 0.444. The molecule has 1 atom stereocenters. The zero-order chi connectivity index (χ0) is 20.9. The van der Waals surface area contributed by atoms with Crippen LogP contribution in [0.15, 0.2) is 73.2 Å². The fraction of sp³-hybridized carbons (Fsp3) is 0.174. The van der Waals surface area contributed by atoms with Crippen molar-refractivity contribution in [3.63, 3.8) is 0 Å². The van der Waals surface area contributed by atoms with Crippen molar-refractivity contribution in [1.29, 1.82) is 0 Å². The van der Waals surface area contributed by atoms with Crippen molar-refractivity contribution in [2.24, 2.45) is 0 Å². The van der Waals surface area contributed by atoms with Crippen LogP contribution in [0.1, 0.15) is 18.1 Å². The van der Waals surface area contributed by atoms with Crippen LogP contribution in [0.4, 0.5) is 5.69 Å². The molecule has 0 bridgehead atoms. The Morgan fingerprint density at radius 1 is 1.10 bits per heavy atom. The molecule has 1 unspecified atom stereocenters. The number of amides is 2. The van der Waals surface area contributed by atoms with Crippen LogP contribution in [0.2, 0.25) is 0 Å². The standard InChI is InChI=1S/C23H23N5O2/c1-16(29)26-22(11-18-12-24-21-10-6-5-9-20(18)21)23(30)27-19-13-25-28(15-19)14-17-7-3-2-4-8-17/h2-10,12-13,15,22,24H,11,14H2,1H3,(H,26,29)(H,27,30). The summed E-state index contributed by atoms with van der Waals surface area (Å²) in [5, 5.41) is 11.0. The zero-order valence-corrected chi connectivity index (χ0v) is 16.6. The summed E-state index contributed by atoms with van der Waals surface area (Å²) in [6.07, 6.45) is 5.65. The Kier molecular flexibility index (Phi) is 5.61. The molecule has 0 spiro atoms. The molecule has 2 amide bonds. The van der Waals surface area contributed by atoms with Gasteiger partial charge in [-0.2, -0.15) is 5.10 Å². The number of carbonyl (C=O) groups excluding carboxylic acids is 2. The first-order valence-electron chi connectivity index (χ1n) is 9.78. The van der Waals surface area contributed by atoms with Gasteiger partial charge in [0.1, 0.15) is 6.04 Å². The number of benzene rings is 2. The van der Waals surface area contributed by atoms with Gasteiger partial charge in [0.25, 0.3) is 0 Å². The van der Waals surface area contributed by atoms with Crippen molar-refractivity contribution < 1.29 is 9.59 Å². The molecule has 0 radical (unpaired) electrons. The lowest BCUT2D eigenvalue weighted by molar-refractivity contribution is -0.125. The maximum Gasteiger partial charge on any atom is 0.247 e. The van der Waals surface area contributed by atoms with Crippen LogP contribution in [-0.4, -0.2) is 32.6 Å². The van der Waals surface area contributed by atoms with Gasteiger partial charge < -0.3 is 15.6 Å². The maximum absolute atomic E-state index is 12.9. The highest BCUT2D eigenvalue weighted by atomic mass is 16.2. The van der Waals surface area contributed by atoms with E-state index in [4.69, 9.17) is 0 Å². The van der Waals surface area contributed by atoms with Crippen molar-refractivity contribution in [1.82, 2.24) is 20.1 Å². The van der Waals surface area contributed by atoms with Gasteiger partial charge in [-0.1, -0.05) is 48.5 Å². The lowest BCUT2D eigenvalue weighted by Crippen LogP contribution is -2.44. The van der Waals surface area contributed by atoms with E-state index in [-0.39, 0.29) is 11.8 Å². The molecule has 2 heterocycles. The summed E-state index contributed by atoms with van der Waals surface area (Å²) in [5.41, 5.74) is 3.68. The minimum atomic E-state index is -0.695. The number of aromatic nitrogens is 3. The van der Waals surface area contributed by atoms with Crippen LogP contribution in [0.5, 0.6) is 0 Å². The average molecular weight is 401 g/mol. The number of aromatic amines is 1. The molecule has 2 aromatic carbocycles. The van der Waals surface area contributed by atoms with E-state index in [1.165, 1.54) is 6.92 Å². The van der Waals surface area contributed by atoms with Gasteiger partial charge in [-0.25, -0.2) is 0 Å². The molecule has 0 aliphatic heterocycles. The number of rotatable bonds is 7. The molecule has 2 aromatic heterocycles. The van der Waals surface area contributed by atoms with Gasteiger partial charge in [-0.3, -0.25) is 14.3 Å². The third-order valence-corrected chi connectivity index (χ3v) is 4.88. The Balaban J connectivity index is 1.46. The van der Waals surface area contributed by atoms with E-state index < -0.39 is 6.04 Å². The lowest BCUT2D eigenvalue weighted by atomic mass is 10.0. The fourth-order valence-corrected chi connectivity index (χ4v) is 3.49. The third-order valence-electron chi connectivity index (χ3n) is 4.88. The van der Waals surface area contributed by atoms with Crippen LogP contribution in [-0.2, 0) is 22.6 Å². The summed E-state index contributed by atoms with van der Waals surface area (Å²) in [4.78, 5) is 27.8. The predicted octanol–water partition coefficient (Wildman–Crippen LogP) is 3.10. The Morgan fingerprint density at radius 3 is 2.67 bits per heavy atom. The minimum absolute atomic E-state index is 0.255. The number of carbonyl (C=O) groups is 2. The number of H-pyrrole nitrogens is 1. The number of hydrogen-bond acceptors (Lipinski definition) is 3. The smallest absolute Gasteiger partial charge is 0.247 e. The topological polar surface area (TPSA) is 91.8 Å². The number of fused-ring (bicyclic) bond motifs is 1. The SMILES string of the molecule is CC(=O)NC(Cc1c[nH]c2ccccc12)C(=O)Nc1cnn(Cc2ccccc2)c1. The van der Waals surface area contributed by atoms with E-state index >= 15 is 0 Å². The van der Waals surface area contributed by atoms with Gasteiger partial charge in [0.05, 0.1) is 18.4 Å². The summed E-state index contributed by atoms with van der Waals surface area (Å²) in [7, 11) is 0. The summed E-state index contributed by atoms with van der Waals surface area (Å²) in [6, 6.07) is 17.1. The molecular formula is C23H23N5O2. The minimum Gasteiger partial charge on any atom is -0.361 e. The van der Waals surface area contributed by atoms with E-state index in [2.05, 4.69) is 20.7 Å². The van der Waals surface area contributed by atoms with E-state index in [0.717, 1.165) is 22.0 Å². The first-order chi connectivity index (χ1) is 14.6. The Bertz CT molecular complexity index is 1160. The highest BCUT2D eigenvalue weighted by Gasteiger charge is 2.22. The van der Waals surface area contributed by atoms with Gasteiger partial charge >= 0.3 is 0 Å². The maximum atomic E-state index is 12.9. The van der Waals surface area contributed by atoms with E-state index in [1.807, 2.05) is 60.8 Å². The largest absolute Gasteiger partial charge is 0.361 e. The normalized spacial score (nSPS) is 11.9. The van der Waals surface area contributed by atoms with Gasteiger partial charge in [-0.15, -0.1) is 0 Å². The molecule has 0 saturated carbocycles. The zero-order valence-electron chi connectivity index (χ0n) is 16.6. The monoisotopic (exact) mass is 401 g/mol. The molecule has 30 heavy (non-hydrogen) atoms. The van der Waals surface area contributed by atoms with Crippen LogP contribution < -0.4 is 10.6 Å². The number of para-hydroxylation sites is 1. The van der Waals surface area contributed by atoms with Gasteiger partial charge in [0.15, 0.2) is 0 Å². The van der Waals surface area contributed by atoms with Gasteiger partial charge in [0, 0.05) is 36.6 Å². The Hall–Kier alpha value is -3.87. The summed E-state index contributed by atoms with van der Waals surface area (Å²) in [6.45, 7) is 2.02. The summed E-state index contributed by atoms with van der Waals surface area (Å²) in [5.74, 6) is -0.537. The van der Waals surface area contributed by atoms with Crippen LogP contribution in [0.25, 0.3) is 10.9 Å².